The number of aliphatic hydroxyl groups is 1. The molecule has 0 aromatic heterocycles. The molecule has 4 heteroatoms. The SMILES string of the molecule is CC(C)(C)C(=O)C1=C(O)C(=O)N(Cc2ccccc2)C1c1ccc(C(C)(C)C)cc1. The van der Waals surface area contributed by atoms with Crippen molar-refractivity contribution in [3.8, 4) is 0 Å². The van der Waals surface area contributed by atoms with Crippen LogP contribution in [-0.2, 0) is 21.5 Å². The Bertz CT molecular complexity index is 974. The zero-order valence-electron chi connectivity index (χ0n) is 18.7. The molecule has 158 valence electrons. The van der Waals surface area contributed by atoms with Crippen molar-refractivity contribution in [2.45, 2.75) is 59.5 Å². The Balaban J connectivity index is 2.09. The molecule has 1 aliphatic rings. The topological polar surface area (TPSA) is 57.6 Å². The lowest BCUT2D eigenvalue weighted by molar-refractivity contribution is -0.130. The molecular formula is C26H31NO3. The van der Waals surface area contributed by atoms with Crippen LogP contribution in [0.3, 0.4) is 0 Å². The smallest absolute Gasteiger partial charge is 0.290 e. The van der Waals surface area contributed by atoms with Crippen molar-refractivity contribution in [1.82, 2.24) is 4.90 Å². The van der Waals surface area contributed by atoms with Crippen molar-refractivity contribution >= 4 is 11.7 Å². The second-order valence-corrected chi connectivity index (χ2v) is 10.0. The fraction of sp³-hybridized carbons (Fsp3) is 0.385. The molecule has 2 aromatic carbocycles. The minimum Gasteiger partial charge on any atom is -0.503 e. The molecule has 2 aromatic rings. The number of amides is 1. The number of nitrogens with zero attached hydrogens (tertiary/aromatic N) is 1. The fourth-order valence-corrected chi connectivity index (χ4v) is 3.74. The van der Waals surface area contributed by atoms with Gasteiger partial charge in [-0.2, -0.15) is 0 Å². The van der Waals surface area contributed by atoms with Crippen LogP contribution >= 0.6 is 0 Å². The summed E-state index contributed by atoms with van der Waals surface area (Å²) in [6, 6.07) is 17.0. The van der Waals surface area contributed by atoms with E-state index in [1.54, 1.807) is 25.7 Å². The lowest BCUT2D eigenvalue weighted by Gasteiger charge is -2.29. The fourth-order valence-electron chi connectivity index (χ4n) is 3.74. The number of aliphatic hydroxyl groups excluding tert-OH is 1. The van der Waals surface area contributed by atoms with E-state index in [0.29, 0.717) is 6.54 Å². The van der Waals surface area contributed by atoms with E-state index in [-0.39, 0.29) is 16.8 Å². The van der Waals surface area contributed by atoms with Crippen molar-refractivity contribution in [1.29, 1.82) is 0 Å². The van der Waals surface area contributed by atoms with Crippen molar-refractivity contribution < 1.29 is 14.7 Å². The zero-order valence-corrected chi connectivity index (χ0v) is 18.7. The third-order valence-electron chi connectivity index (χ3n) is 5.52. The normalized spacial score (nSPS) is 17.6. The Labute approximate surface area is 179 Å². The van der Waals surface area contributed by atoms with Crippen molar-refractivity contribution in [3.63, 3.8) is 0 Å². The van der Waals surface area contributed by atoms with Crippen LogP contribution in [0.2, 0.25) is 0 Å². The van der Waals surface area contributed by atoms with Gasteiger partial charge in [-0.25, -0.2) is 0 Å². The van der Waals surface area contributed by atoms with Crippen LogP contribution in [0.4, 0.5) is 0 Å². The number of hydrogen-bond donors (Lipinski definition) is 1. The molecule has 4 nitrogen and oxygen atoms in total. The summed E-state index contributed by atoms with van der Waals surface area (Å²) in [4.78, 5) is 27.9. The van der Waals surface area contributed by atoms with Crippen LogP contribution in [-0.4, -0.2) is 21.7 Å². The van der Waals surface area contributed by atoms with E-state index in [1.165, 1.54) is 5.56 Å². The van der Waals surface area contributed by atoms with E-state index in [2.05, 4.69) is 20.8 Å². The van der Waals surface area contributed by atoms with Gasteiger partial charge in [0, 0.05) is 12.0 Å². The summed E-state index contributed by atoms with van der Waals surface area (Å²) in [5.41, 5.74) is 2.41. The van der Waals surface area contributed by atoms with E-state index in [1.807, 2.05) is 54.6 Å². The molecule has 1 amide bonds. The van der Waals surface area contributed by atoms with Gasteiger partial charge < -0.3 is 10.0 Å². The Morgan fingerprint density at radius 2 is 1.50 bits per heavy atom. The first-order chi connectivity index (χ1) is 13.9. The van der Waals surface area contributed by atoms with Crippen LogP contribution < -0.4 is 0 Å². The molecule has 3 rings (SSSR count). The highest BCUT2D eigenvalue weighted by Gasteiger charge is 2.45. The Morgan fingerprint density at radius 1 is 0.933 bits per heavy atom. The quantitative estimate of drug-likeness (QED) is 0.731. The standard InChI is InChI=1S/C26H31NO3/c1-25(2,3)19-14-12-18(13-15-19)21-20(23(29)26(4,5)6)22(28)24(30)27(21)16-17-10-8-7-9-11-17/h7-15,21,28H,16H2,1-6H3. The molecule has 1 heterocycles. The van der Waals surface area contributed by atoms with Crippen LogP contribution in [0.15, 0.2) is 65.9 Å². The average Bonchev–Trinajstić information content (AvgIpc) is 2.91. The molecular weight excluding hydrogens is 374 g/mol. The van der Waals surface area contributed by atoms with Gasteiger partial charge in [0.15, 0.2) is 11.5 Å². The van der Waals surface area contributed by atoms with E-state index in [9.17, 15) is 14.7 Å². The summed E-state index contributed by atoms with van der Waals surface area (Å²) < 4.78 is 0. The van der Waals surface area contributed by atoms with Crippen LogP contribution in [0.5, 0.6) is 0 Å². The van der Waals surface area contributed by atoms with Gasteiger partial charge in [0.2, 0.25) is 0 Å². The largest absolute Gasteiger partial charge is 0.503 e. The molecule has 30 heavy (non-hydrogen) atoms. The maximum absolute atomic E-state index is 13.2. The average molecular weight is 406 g/mol. The van der Waals surface area contributed by atoms with E-state index < -0.39 is 23.1 Å². The lowest BCUT2D eigenvalue weighted by atomic mass is 9.81. The molecule has 1 N–H and O–H groups in total. The van der Waals surface area contributed by atoms with Crippen LogP contribution in [0.25, 0.3) is 0 Å². The van der Waals surface area contributed by atoms with Gasteiger partial charge in [-0.15, -0.1) is 0 Å². The van der Waals surface area contributed by atoms with E-state index in [0.717, 1.165) is 11.1 Å². The minimum absolute atomic E-state index is 0.00418. The van der Waals surface area contributed by atoms with E-state index >= 15 is 0 Å². The van der Waals surface area contributed by atoms with Gasteiger partial charge in [0.05, 0.1) is 11.6 Å². The Hall–Kier alpha value is -2.88. The highest BCUT2D eigenvalue weighted by Crippen LogP contribution is 2.42. The first-order valence-corrected chi connectivity index (χ1v) is 10.3. The predicted molar refractivity (Wildman–Crippen MR) is 119 cm³/mol. The number of carbonyl (C=O) groups is 2. The Morgan fingerprint density at radius 3 is 2.00 bits per heavy atom. The summed E-state index contributed by atoms with van der Waals surface area (Å²) >= 11 is 0. The molecule has 0 saturated heterocycles. The molecule has 1 unspecified atom stereocenters. The third-order valence-corrected chi connectivity index (χ3v) is 5.52. The third kappa shape index (κ3) is 4.18. The summed E-state index contributed by atoms with van der Waals surface area (Å²) in [6.07, 6.45) is 0. The maximum Gasteiger partial charge on any atom is 0.290 e. The highest BCUT2D eigenvalue weighted by molar-refractivity contribution is 6.10. The van der Waals surface area contributed by atoms with Crippen molar-refractivity contribution in [3.05, 3.63) is 82.6 Å². The predicted octanol–water partition coefficient (Wildman–Crippen LogP) is 5.49. The number of carbonyl (C=O) groups excluding carboxylic acids is 2. The van der Waals surface area contributed by atoms with E-state index in [4.69, 9.17) is 0 Å². The molecule has 0 bridgehead atoms. The van der Waals surface area contributed by atoms with Gasteiger partial charge in [-0.05, 0) is 22.1 Å². The van der Waals surface area contributed by atoms with Crippen molar-refractivity contribution in [2.75, 3.05) is 0 Å². The van der Waals surface area contributed by atoms with Crippen LogP contribution in [0.1, 0.15) is 64.3 Å². The molecule has 0 fully saturated rings. The van der Waals surface area contributed by atoms with Gasteiger partial charge >= 0.3 is 0 Å². The minimum atomic E-state index is -0.712. The van der Waals surface area contributed by atoms with Crippen LogP contribution in [0, 0.1) is 5.41 Å². The second-order valence-electron chi connectivity index (χ2n) is 10.0. The molecule has 0 radical (unpaired) electrons. The second kappa shape index (κ2) is 7.75. The summed E-state index contributed by atoms with van der Waals surface area (Å²) in [5, 5.41) is 10.7. The lowest BCUT2D eigenvalue weighted by Crippen LogP contribution is -2.32. The van der Waals surface area contributed by atoms with Gasteiger partial charge in [-0.3, -0.25) is 9.59 Å². The van der Waals surface area contributed by atoms with Gasteiger partial charge in [-0.1, -0.05) is 96.1 Å². The monoisotopic (exact) mass is 405 g/mol. The summed E-state index contributed by atoms with van der Waals surface area (Å²) in [7, 11) is 0. The van der Waals surface area contributed by atoms with Gasteiger partial charge in [0.1, 0.15) is 0 Å². The highest BCUT2D eigenvalue weighted by atomic mass is 16.3. The first-order valence-electron chi connectivity index (χ1n) is 10.3. The molecule has 1 atom stereocenters. The molecule has 0 saturated carbocycles. The van der Waals surface area contributed by atoms with Gasteiger partial charge in [0.25, 0.3) is 5.91 Å². The molecule has 1 aliphatic heterocycles. The first kappa shape index (κ1) is 21.8. The maximum atomic E-state index is 13.2. The number of Topliss-reactive ketones (excluding diaryl/α,β-unsaturated/α-hetero) is 1. The Kier molecular flexibility index (Phi) is 5.64. The number of rotatable bonds is 4. The molecule has 0 spiro atoms. The summed E-state index contributed by atoms with van der Waals surface area (Å²) in [6.45, 7) is 12.2. The number of ketones is 1. The molecule has 0 aliphatic carbocycles. The number of hydrogen-bond acceptors (Lipinski definition) is 3. The van der Waals surface area contributed by atoms with Crippen molar-refractivity contribution in [2.24, 2.45) is 5.41 Å². The zero-order chi connectivity index (χ0) is 22.3. The summed E-state index contributed by atoms with van der Waals surface area (Å²) in [5.74, 6) is -1.15. The number of benzene rings is 2.